The Hall–Kier alpha value is -3.81. The number of rotatable bonds is 6. The Balaban J connectivity index is 1.46. The third-order valence-corrected chi connectivity index (χ3v) is 7.50. The topological polar surface area (TPSA) is 79.6 Å². The van der Waals surface area contributed by atoms with Crippen LogP contribution in [0.25, 0.3) is 21.9 Å². The molecule has 0 saturated heterocycles. The number of amides is 1. The van der Waals surface area contributed by atoms with E-state index in [4.69, 9.17) is 16.0 Å². The number of fused-ring (bicyclic) bond motifs is 3. The maximum atomic E-state index is 13.4. The van der Waals surface area contributed by atoms with Gasteiger partial charge in [0, 0.05) is 22.5 Å². The second-order valence-corrected chi connectivity index (χ2v) is 9.90. The average molecular weight is 491 g/mol. The van der Waals surface area contributed by atoms with Crippen LogP contribution in [-0.4, -0.2) is 20.9 Å². The van der Waals surface area contributed by atoms with Crippen LogP contribution in [0, 0.1) is 0 Å². The third-order valence-electron chi connectivity index (χ3n) is 5.40. The van der Waals surface area contributed by atoms with Crippen molar-refractivity contribution in [3.05, 3.63) is 102 Å². The SMILES string of the molecule is O=C(CN(c1ccccc1Cl)S(=O)(=O)c1ccccc1)Nc1ccc2c(c1)oc1ccccc12. The first kappa shape index (κ1) is 22.0. The Morgan fingerprint density at radius 3 is 2.29 bits per heavy atom. The fourth-order valence-corrected chi connectivity index (χ4v) is 5.56. The second-order valence-electron chi connectivity index (χ2n) is 7.63. The minimum Gasteiger partial charge on any atom is -0.456 e. The minimum absolute atomic E-state index is 0.0615. The van der Waals surface area contributed by atoms with Gasteiger partial charge in [-0.2, -0.15) is 0 Å². The number of hydrogen-bond donors (Lipinski definition) is 1. The quantitative estimate of drug-likeness (QED) is 0.313. The fourth-order valence-electron chi connectivity index (χ4n) is 3.81. The maximum Gasteiger partial charge on any atom is 0.264 e. The standard InChI is InChI=1S/C26H19ClN2O4S/c27-22-11-5-6-12-23(22)29(34(31,32)19-8-2-1-3-9-19)17-26(30)28-18-14-15-21-20-10-4-7-13-24(20)33-25(21)16-18/h1-16H,17H2,(H,28,30). The summed E-state index contributed by atoms with van der Waals surface area (Å²) in [5, 5.41) is 4.90. The summed E-state index contributed by atoms with van der Waals surface area (Å²) in [4.78, 5) is 13.1. The first-order valence-corrected chi connectivity index (χ1v) is 12.3. The highest BCUT2D eigenvalue weighted by Gasteiger charge is 2.28. The van der Waals surface area contributed by atoms with Crippen LogP contribution in [0.1, 0.15) is 0 Å². The predicted molar refractivity (Wildman–Crippen MR) is 135 cm³/mol. The van der Waals surface area contributed by atoms with Crippen molar-refractivity contribution in [3.8, 4) is 0 Å². The van der Waals surface area contributed by atoms with Crippen molar-refractivity contribution in [2.75, 3.05) is 16.2 Å². The Bertz CT molecular complexity index is 1610. The molecular weight excluding hydrogens is 472 g/mol. The lowest BCUT2D eigenvalue weighted by Crippen LogP contribution is -2.38. The van der Waals surface area contributed by atoms with Gasteiger partial charge in [-0.15, -0.1) is 0 Å². The molecule has 34 heavy (non-hydrogen) atoms. The van der Waals surface area contributed by atoms with E-state index in [1.807, 2.05) is 30.3 Å². The van der Waals surface area contributed by atoms with Gasteiger partial charge < -0.3 is 9.73 Å². The largest absolute Gasteiger partial charge is 0.456 e. The zero-order valence-electron chi connectivity index (χ0n) is 17.8. The van der Waals surface area contributed by atoms with Gasteiger partial charge in [-0.25, -0.2) is 8.42 Å². The van der Waals surface area contributed by atoms with Crippen LogP contribution in [0.2, 0.25) is 5.02 Å². The van der Waals surface area contributed by atoms with Gasteiger partial charge in [-0.3, -0.25) is 9.10 Å². The number of hydrogen-bond acceptors (Lipinski definition) is 4. The Morgan fingerprint density at radius 2 is 1.50 bits per heavy atom. The van der Waals surface area contributed by atoms with Crippen molar-refractivity contribution in [2.24, 2.45) is 0 Å². The molecule has 1 N–H and O–H groups in total. The molecule has 0 bridgehead atoms. The van der Waals surface area contributed by atoms with E-state index < -0.39 is 22.5 Å². The Morgan fingerprint density at radius 1 is 0.824 bits per heavy atom. The Kier molecular flexibility index (Phi) is 5.73. The highest BCUT2D eigenvalue weighted by Crippen LogP contribution is 2.32. The number of anilines is 2. The van der Waals surface area contributed by atoms with Gasteiger partial charge >= 0.3 is 0 Å². The highest BCUT2D eigenvalue weighted by molar-refractivity contribution is 7.92. The summed E-state index contributed by atoms with van der Waals surface area (Å²) in [5.41, 5.74) is 2.09. The molecule has 1 heterocycles. The van der Waals surface area contributed by atoms with Gasteiger partial charge in [0.1, 0.15) is 17.7 Å². The molecule has 0 aliphatic heterocycles. The molecule has 1 amide bonds. The van der Waals surface area contributed by atoms with Crippen LogP contribution >= 0.6 is 11.6 Å². The van der Waals surface area contributed by atoms with Gasteiger partial charge in [0.05, 0.1) is 15.6 Å². The van der Waals surface area contributed by atoms with Crippen LogP contribution in [0.15, 0.2) is 106 Å². The summed E-state index contributed by atoms with van der Waals surface area (Å²) in [6.07, 6.45) is 0. The van der Waals surface area contributed by atoms with E-state index in [2.05, 4.69) is 5.32 Å². The number of nitrogens with zero attached hydrogens (tertiary/aromatic N) is 1. The number of furan rings is 1. The fraction of sp³-hybridized carbons (Fsp3) is 0.0385. The summed E-state index contributed by atoms with van der Waals surface area (Å²) in [5.74, 6) is -0.519. The van der Waals surface area contributed by atoms with E-state index in [1.165, 1.54) is 12.1 Å². The smallest absolute Gasteiger partial charge is 0.264 e. The van der Waals surface area contributed by atoms with Crippen molar-refractivity contribution in [3.63, 3.8) is 0 Å². The second kappa shape index (κ2) is 8.85. The molecule has 0 unspecified atom stereocenters. The molecule has 5 rings (SSSR count). The molecule has 0 aliphatic rings. The van der Waals surface area contributed by atoms with E-state index in [9.17, 15) is 13.2 Å². The monoisotopic (exact) mass is 490 g/mol. The van der Waals surface area contributed by atoms with Gasteiger partial charge in [-0.1, -0.05) is 60.1 Å². The predicted octanol–water partition coefficient (Wildman–Crippen LogP) is 6.07. The normalized spacial score (nSPS) is 11.6. The van der Waals surface area contributed by atoms with Crippen molar-refractivity contribution in [2.45, 2.75) is 4.90 Å². The van der Waals surface area contributed by atoms with Crippen molar-refractivity contribution in [1.82, 2.24) is 0 Å². The molecule has 6 nitrogen and oxygen atoms in total. The van der Waals surface area contributed by atoms with Crippen LogP contribution in [0.5, 0.6) is 0 Å². The molecule has 0 saturated carbocycles. The summed E-state index contributed by atoms with van der Waals surface area (Å²) in [6.45, 7) is -0.459. The lowest BCUT2D eigenvalue weighted by molar-refractivity contribution is -0.114. The maximum absolute atomic E-state index is 13.4. The molecule has 1 aromatic heterocycles. The van der Waals surface area contributed by atoms with Crippen LogP contribution in [-0.2, 0) is 14.8 Å². The number of sulfonamides is 1. The zero-order chi connectivity index (χ0) is 23.7. The molecule has 8 heteroatoms. The molecule has 0 radical (unpaired) electrons. The summed E-state index contributed by atoms with van der Waals surface area (Å²) in [6, 6.07) is 27.5. The lowest BCUT2D eigenvalue weighted by atomic mass is 10.1. The van der Waals surface area contributed by atoms with Crippen LogP contribution < -0.4 is 9.62 Å². The zero-order valence-corrected chi connectivity index (χ0v) is 19.4. The first-order chi connectivity index (χ1) is 16.4. The average Bonchev–Trinajstić information content (AvgIpc) is 3.21. The van der Waals surface area contributed by atoms with E-state index in [0.29, 0.717) is 11.3 Å². The van der Waals surface area contributed by atoms with Crippen LogP contribution in [0.4, 0.5) is 11.4 Å². The van der Waals surface area contributed by atoms with Gasteiger partial charge in [0.25, 0.3) is 10.0 Å². The summed E-state index contributed by atoms with van der Waals surface area (Å²) < 4.78 is 33.7. The van der Waals surface area contributed by atoms with E-state index in [0.717, 1.165) is 20.7 Å². The highest BCUT2D eigenvalue weighted by atomic mass is 35.5. The molecule has 0 aliphatic carbocycles. The number of halogens is 1. The molecule has 0 atom stereocenters. The molecular formula is C26H19ClN2O4S. The van der Waals surface area contributed by atoms with E-state index >= 15 is 0 Å². The van der Waals surface area contributed by atoms with Gasteiger partial charge in [0.15, 0.2) is 0 Å². The van der Waals surface area contributed by atoms with Crippen molar-refractivity contribution >= 4 is 60.8 Å². The Labute approximate surface area is 201 Å². The molecule has 0 fully saturated rings. The summed E-state index contributed by atoms with van der Waals surface area (Å²) in [7, 11) is -4.05. The lowest BCUT2D eigenvalue weighted by Gasteiger charge is -2.25. The summed E-state index contributed by atoms with van der Waals surface area (Å²) >= 11 is 6.31. The first-order valence-electron chi connectivity index (χ1n) is 10.5. The number of carbonyl (C=O) groups is 1. The van der Waals surface area contributed by atoms with Crippen molar-refractivity contribution < 1.29 is 17.6 Å². The van der Waals surface area contributed by atoms with E-state index in [1.54, 1.807) is 54.6 Å². The molecule has 4 aromatic carbocycles. The molecule has 0 spiro atoms. The third kappa shape index (κ3) is 4.11. The van der Waals surface area contributed by atoms with Gasteiger partial charge in [-0.05, 0) is 42.5 Å². The molecule has 170 valence electrons. The number of carbonyl (C=O) groups excluding carboxylic acids is 1. The number of benzene rings is 4. The number of nitrogens with one attached hydrogen (secondary N) is 1. The minimum atomic E-state index is -4.05. The van der Waals surface area contributed by atoms with E-state index in [-0.39, 0.29) is 15.6 Å². The number of para-hydroxylation sites is 2. The molecule has 5 aromatic rings. The van der Waals surface area contributed by atoms with Gasteiger partial charge in [0.2, 0.25) is 5.91 Å². The van der Waals surface area contributed by atoms with Crippen molar-refractivity contribution in [1.29, 1.82) is 0 Å². The van der Waals surface area contributed by atoms with Crippen LogP contribution in [0.3, 0.4) is 0 Å².